The van der Waals surface area contributed by atoms with Gasteiger partial charge in [-0.2, -0.15) is 0 Å². The molecule has 1 rings (SSSR count). The van der Waals surface area contributed by atoms with Crippen molar-refractivity contribution in [1.82, 2.24) is 10.0 Å². The van der Waals surface area contributed by atoms with E-state index in [0.717, 1.165) is 16.7 Å². The Labute approximate surface area is 110 Å². The largest absolute Gasteiger partial charge is 0.316 e. The van der Waals surface area contributed by atoms with Gasteiger partial charge in [0.1, 0.15) is 0 Å². The van der Waals surface area contributed by atoms with Crippen LogP contribution in [0.2, 0.25) is 0 Å². The number of hydrogen-bond acceptors (Lipinski definition) is 3. The molecule has 102 valence electrons. The summed E-state index contributed by atoms with van der Waals surface area (Å²) < 4.78 is 27.2. The lowest BCUT2D eigenvalue weighted by Crippen LogP contribution is -2.37. The zero-order valence-corrected chi connectivity index (χ0v) is 12.5. The van der Waals surface area contributed by atoms with E-state index >= 15 is 0 Å². The smallest absolute Gasteiger partial charge is 0.241 e. The van der Waals surface area contributed by atoms with E-state index < -0.39 is 10.0 Å². The molecule has 1 aromatic rings. The van der Waals surface area contributed by atoms with Gasteiger partial charge in [0, 0.05) is 12.6 Å². The van der Waals surface area contributed by atoms with Crippen molar-refractivity contribution >= 4 is 10.0 Å². The monoisotopic (exact) mass is 270 g/mol. The minimum atomic E-state index is -3.43. The molecule has 0 fully saturated rings. The van der Waals surface area contributed by atoms with Crippen molar-refractivity contribution in [2.45, 2.75) is 38.6 Å². The average Bonchev–Trinajstić information content (AvgIpc) is 2.24. The molecule has 1 unspecified atom stereocenters. The zero-order chi connectivity index (χ0) is 13.9. The zero-order valence-electron chi connectivity index (χ0n) is 11.7. The van der Waals surface area contributed by atoms with Gasteiger partial charge in [-0.3, -0.25) is 0 Å². The van der Waals surface area contributed by atoms with Gasteiger partial charge < -0.3 is 5.32 Å². The van der Waals surface area contributed by atoms with Gasteiger partial charge in [0.25, 0.3) is 0 Å². The maximum Gasteiger partial charge on any atom is 0.241 e. The molecule has 0 bridgehead atoms. The first-order valence-corrected chi connectivity index (χ1v) is 7.51. The van der Waals surface area contributed by atoms with Gasteiger partial charge in [0.15, 0.2) is 0 Å². The average molecular weight is 270 g/mol. The highest BCUT2D eigenvalue weighted by molar-refractivity contribution is 7.89. The lowest BCUT2D eigenvalue weighted by Gasteiger charge is -2.15. The third-order valence-electron chi connectivity index (χ3n) is 2.95. The van der Waals surface area contributed by atoms with Gasteiger partial charge in [0.2, 0.25) is 10.0 Å². The topological polar surface area (TPSA) is 58.2 Å². The van der Waals surface area contributed by atoms with Crippen molar-refractivity contribution in [1.29, 1.82) is 0 Å². The number of rotatable bonds is 5. The molecule has 1 atom stereocenters. The van der Waals surface area contributed by atoms with E-state index in [0.29, 0.717) is 11.4 Å². The van der Waals surface area contributed by atoms with Crippen LogP contribution in [0.3, 0.4) is 0 Å². The summed E-state index contributed by atoms with van der Waals surface area (Å²) in [6.07, 6.45) is 0. The first-order chi connectivity index (χ1) is 8.27. The van der Waals surface area contributed by atoms with Gasteiger partial charge in [0.05, 0.1) is 4.90 Å². The Bertz CT molecular complexity index is 501. The highest BCUT2D eigenvalue weighted by Gasteiger charge is 2.19. The van der Waals surface area contributed by atoms with Crippen molar-refractivity contribution in [3.05, 3.63) is 28.8 Å². The van der Waals surface area contributed by atoms with E-state index in [1.807, 2.05) is 39.8 Å². The van der Waals surface area contributed by atoms with E-state index in [1.54, 1.807) is 7.05 Å². The number of nitrogens with one attached hydrogen (secondary N) is 2. The summed E-state index contributed by atoms with van der Waals surface area (Å²) in [6, 6.07) is 3.89. The Hall–Kier alpha value is -0.910. The Kier molecular flexibility index (Phi) is 4.90. The third-order valence-corrected chi connectivity index (χ3v) is 4.67. The van der Waals surface area contributed by atoms with Crippen LogP contribution in [-0.4, -0.2) is 28.1 Å². The molecule has 1 aromatic carbocycles. The molecule has 0 aliphatic rings. The van der Waals surface area contributed by atoms with Crippen LogP contribution in [0.25, 0.3) is 0 Å². The molecule has 0 aliphatic heterocycles. The molecule has 0 aromatic heterocycles. The van der Waals surface area contributed by atoms with Crippen LogP contribution in [0.15, 0.2) is 17.0 Å². The molecule has 0 saturated carbocycles. The third kappa shape index (κ3) is 3.54. The van der Waals surface area contributed by atoms with Crippen LogP contribution in [-0.2, 0) is 10.0 Å². The molecular weight excluding hydrogens is 248 g/mol. The molecule has 4 nitrogen and oxygen atoms in total. The number of benzene rings is 1. The maximum absolute atomic E-state index is 12.3. The molecule has 0 aliphatic carbocycles. The highest BCUT2D eigenvalue weighted by Crippen LogP contribution is 2.21. The summed E-state index contributed by atoms with van der Waals surface area (Å²) in [5.41, 5.74) is 2.65. The maximum atomic E-state index is 12.3. The summed E-state index contributed by atoms with van der Waals surface area (Å²) >= 11 is 0. The van der Waals surface area contributed by atoms with E-state index in [9.17, 15) is 8.42 Å². The summed E-state index contributed by atoms with van der Waals surface area (Å²) in [4.78, 5) is 0.399. The van der Waals surface area contributed by atoms with Crippen LogP contribution in [0.5, 0.6) is 0 Å². The summed E-state index contributed by atoms with van der Waals surface area (Å²) in [6.45, 7) is 7.93. The molecule has 0 radical (unpaired) electrons. The van der Waals surface area contributed by atoms with Gasteiger partial charge >= 0.3 is 0 Å². The first-order valence-electron chi connectivity index (χ1n) is 6.02. The minimum absolute atomic E-state index is 0.103. The second-order valence-electron chi connectivity index (χ2n) is 4.77. The van der Waals surface area contributed by atoms with Crippen LogP contribution in [0, 0.1) is 20.8 Å². The predicted octanol–water partition coefficient (Wildman–Crippen LogP) is 1.50. The Morgan fingerprint density at radius 3 is 2.11 bits per heavy atom. The first kappa shape index (κ1) is 15.1. The summed E-state index contributed by atoms with van der Waals surface area (Å²) in [5.74, 6) is 0. The quantitative estimate of drug-likeness (QED) is 0.852. The summed E-state index contributed by atoms with van der Waals surface area (Å²) in [7, 11) is -1.63. The second-order valence-corrected chi connectivity index (χ2v) is 6.47. The SMILES string of the molecule is CNC(C)CNS(=O)(=O)c1c(C)cc(C)cc1C. The number of sulfonamides is 1. The fraction of sp³-hybridized carbons (Fsp3) is 0.538. The van der Waals surface area contributed by atoms with Gasteiger partial charge in [-0.15, -0.1) is 0 Å². The van der Waals surface area contributed by atoms with Gasteiger partial charge in [-0.25, -0.2) is 13.1 Å². The minimum Gasteiger partial charge on any atom is -0.316 e. The van der Waals surface area contributed by atoms with Gasteiger partial charge in [-0.1, -0.05) is 17.7 Å². The predicted molar refractivity (Wildman–Crippen MR) is 74.4 cm³/mol. The van der Waals surface area contributed by atoms with E-state index in [2.05, 4.69) is 10.0 Å². The Balaban J connectivity index is 3.06. The molecule has 0 heterocycles. The molecule has 18 heavy (non-hydrogen) atoms. The van der Waals surface area contributed by atoms with Crippen LogP contribution in [0.4, 0.5) is 0 Å². The van der Waals surface area contributed by atoms with E-state index in [-0.39, 0.29) is 6.04 Å². The second kappa shape index (κ2) is 5.82. The molecule has 0 spiro atoms. The molecule has 0 amide bonds. The molecule has 0 saturated heterocycles. The van der Waals surface area contributed by atoms with Crippen molar-refractivity contribution in [2.75, 3.05) is 13.6 Å². The number of likely N-dealkylation sites (N-methyl/N-ethyl adjacent to an activating group) is 1. The number of hydrogen-bond donors (Lipinski definition) is 2. The van der Waals surface area contributed by atoms with Crippen LogP contribution >= 0.6 is 0 Å². The number of aryl methyl sites for hydroxylation is 3. The molecular formula is C13H22N2O2S. The normalized spacial score (nSPS) is 13.6. The fourth-order valence-corrected chi connectivity index (χ4v) is 3.58. The van der Waals surface area contributed by atoms with Crippen molar-refractivity contribution < 1.29 is 8.42 Å². The lowest BCUT2D eigenvalue weighted by atomic mass is 10.1. The standard InChI is InChI=1S/C13H22N2O2S/c1-9-6-10(2)13(11(3)7-9)18(16,17)15-8-12(4)14-5/h6-7,12,14-15H,8H2,1-5H3. The highest BCUT2D eigenvalue weighted by atomic mass is 32.2. The lowest BCUT2D eigenvalue weighted by molar-refractivity contribution is 0.553. The van der Waals surface area contributed by atoms with Crippen LogP contribution < -0.4 is 10.0 Å². The van der Waals surface area contributed by atoms with Crippen molar-refractivity contribution in [2.24, 2.45) is 0 Å². The van der Waals surface area contributed by atoms with E-state index in [4.69, 9.17) is 0 Å². The molecule has 2 N–H and O–H groups in total. The Morgan fingerprint density at radius 2 is 1.67 bits per heavy atom. The van der Waals surface area contributed by atoms with Gasteiger partial charge in [-0.05, 0) is 45.9 Å². The molecule has 5 heteroatoms. The Morgan fingerprint density at radius 1 is 1.17 bits per heavy atom. The van der Waals surface area contributed by atoms with E-state index in [1.165, 1.54) is 0 Å². The van der Waals surface area contributed by atoms with Crippen molar-refractivity contribution in [3.63, 3.8) is 0 Å². The van der Waals surface area contributed by atoms with Crippen molar-refractivity contribution in [3.8, 4) is 0 Å². The van der Waals surface area contributed by atoms with Crippen LogP contribution in [0.1, 0.15) is 23.6 Å². The fourth-order valence-electron chi connectivity index (χ4n) is 2.00. The summed E-state index contributed by atoms with van der Waals surface area (Å²) in [5, 5.41) is 3.00.